The number of rotatable bonds is 3. The van der Waals surface area contributed by atoms with Crippen molar-refractivity contribution in [1.29, 1.82) is 0 Å². The van der Waals surface area contributed by atoms with E-state index in [2.05, 4.69) is 25.8 Å². The number of nitrogens with zero attached hydrogens (tertiary/aromatic N) is 2. The van der Waals surface area contributed by atoms with Gasteiger partial charge in [0.05, 0.1) is 12.3 Å². The zero-order chi connectivity index (χ0) is 14.2. The van der Waals surface area contributed by atoms with Gasteiger partial charge in [-0.2, -0.15) is 0 Å². The minimum absolute atomic E-state index is 0.0668. The van der Waals surface area contributed by atoms with Crippen LogP contribution in [0.25, 0.3) is 0 Å². The van der Waals surface area contributed by atoms with Crippen LogP contribution in [0.1, 0.15) is 49.7 Å². The van der Waals surface area contributed by atoms with Gasteiger partial charge in [-0.15, -0.1) is 0 Å². The van der Waals surface area contributed by atoms with Gasteiger partial charge in [-0.3, -0.25) is 4.79 Å². The molecule has 0 atom stereocenters. The third-order valence-corrected chi connectivity index (χ3v) is 3.11. The molecule has 4 heteroatoms. The van der Waals surface area contributed by atoms with Gasteiger partial charge in [-0.25, -0.2) is 4.98 Å². The summed E-state index contributed by atoms with van der Waals surface area (Å²) in [5.41, 5.74) is 1.31. The van der Waals surface area contributed by atoms with Crippen molar-refractivity contribution >= 4 is 5.91 Å². The van der Waals surface area contributed by atoms with Gasteiger partial charge >= 0.3 is 0 Å². The first-order valence-corrected chi connectivity index (χ1v) is 6.68. The van der Waals surface area contributed by atoms with Crippen LogP contribution in [-0.2, 0) is 5.41 Å². The van der Waals surface area contributed by atoms with E-state index in [9.17, 15) is 4.79 Å². The zero-order valence-corrected chi connectivity index (χ0v) is 12.4. The number of aromatic nitrogens is 1. The fourth-order valence-electron chi connectivity index (χ4n) is 1.84. The first-order valence-electron chi connectivity index (χ1n) is 6.68. The predicted octanol–water partition coefficient (Wildman–Crippen LogP) is 2.62. The second-order valence-corrected chi connectivity index (χ2v) is 6.33. The van der Waals surface area contributed by atoms with Gasteiger partial charge in [-0.05, 0) is 29.9 Å². The molecule has 0 aromatic carbocycles. The number of amides is 1. The third kappa shape index (κ3) is 3.25. The van der Waals surface area contributed by atoms with Crippen molar-refractivity contribution in [3.63, 3.8) is 0 Å². The Bertz CT molecular complexity index is 485. The number of hydrogen-bond donors (Lipinski definition) is 0. The smallest absolute Gasteiger partial charge is 0.272 e. The maximum atomic E-state index is 12.2. The van der Waals surface area contributed by atoms with Gasteiger partial charge in [0.1, 0.15) is 11.4 Å². The monoisotopic (exact) mass is 262 g/mol. The largest absolute Gasteiger partial charge is 0.489 e. The minimum Gasteiger partial charge on any atom is -0.489 e. The normalized spacial score (nSPS) is 15.2. The van der Waals surface area contributed by atoms with Gasteiger partial charge in [0, 0.05) is 14.1 Å². The SMILES string of the molecule is CN(C)C(=O)c1ncc(OC2CC2)cc1C(C)(C)C. The molecule has 1 aliphatic rings. The molecule has 1 fully saturated rings. The number of carbonyl (C=O) groups is 1. The van der Waals surface area contributed by atoms with Crippen LogP contribution in [0.15, 0.2) is 12.3 Å². The molecule has 1 heterocycles. The van der Waals surface area contributed by atoms with Crippen molar-refractivity contribution in [2.75, 3.05) is 14.1 Å². The molecule has 1 aromatic heterocycles. The lowest BCUT2D eigenvalue weighted by Gasteiger charge is -2.23. The highest BCUT2D eigenvalue weighted by atomic mass is 16.5. The standard InChI is InChI=1S/C15H22N2O2/c1-15(2,3)12-8-11(19-10-6-7-10)9-16-13(12)14(18)17(4)5/h8-10H,6-7H2,1-5H3. The lowest BCUT2D eigenvalue weighted by atomic mass is 9.85. The lowest BCUT2D eigenvalue weighted by Crippen LogP contribution is -2.27. The number of hydrogen-bond acceptors (Lipinski definition) is 3. The summed E-state index contributed by atoms with van der Waals surface area (Å²) in [6.45, 7) is 6.24. The average molecular weight is 262 g/mol. The zero-order valence-electron chi connectivity index (χ0n) is 12.4. The van der Waals surface area contributed by atoms with Gasteiger partial charge in [0.2, 0.25) is 0 Å². The first-order chi connectivity index (χ1) is 8.79. The van der Waals surface area contributed by atoms with Crippen molar-refractivity contribution in [1.82, 2.24) is 9.88 Å². The summed E-state index contributed by atoms with van der Waals surface area (Å²) in [5.74, 6) is 0.700. The highest BCUT2D eigenvalue weighted by Gasteiger charge is 2.27. The van der Waals surface area contributed by atoms with Crippen LogP contribution in [0.5, 0.6) is 5.75 Å². The molecule has 1 aromatic rings. The van der Waals surface area contributed by atoms with E-state index in [0.29, 0.717) is 11.8 Å². The van der Waals surface area contributed by atoms with E-state index in [1.807, 2.05) is 6.07 Å². The molecular weight excluding hydrogens is 240 g/mol. The molecule has 0 aliphatic heterocycles. The summed E-state index contributed by atoms with van der Waals surface area (Å²) in [6, 6.07) is 1.96. The Morgan fingerprint density at radius 2 is 2.00 bits per heavy atom. The Hall–Kier alpha value is -1.58. The summed E-state index contributed by atoms with van der Waals surface area (Å²) in [5, 5.41) is 0. The maximum Gasteiger partial charge on any atom is 0.272 e. The second kappa shape index (κ2) is 4.83. The lowest BCUT2D eigenvalue weighted by molar-refractivity contribution is 0.0819. The molecule has 0 saturated heterocycles. The van der Waals surface area contributed by atoms with Crippen molar-refractivity contribution in [2.24, 2.45) is 0 Å². The van der Waals surface area contributed by atoms with Gasteiger partial charge in [-0.1, -0.05) is 20.8 Å². The Balaban J connectivity index is 2.39. The Labute approximate surface area is 114 Å². The number of carbonyl (C=O) groups excluding carboxylic acids is 1. The Morgan fingerprint density at radius 3 is 2.47 bits per heavy atom. The van der Waals surface area contributed by atoms with E-state index >= 15 is 0 Å². The number of ether oxygens (including phenoxy) is 1. The summed E-state index contributed by atoms with van der Waals surface area (Å²) >= 11 is 0. The van der Waals surface area contributed by atoms with E-state index in [-0.39, 0.29) is 11.3 Å². The third-order valence-electron chi connectivity index (χ3n) is 3.11. The van der Waals surface area contributed by atoms with Gasteiger partial charge in [0.25, 0.3) is 5.91 Å². The molecule has 1 aliphatic carbocycles. The fourth-order valence-corrected chi connectivity index (χ4v) is 1.84. The molecule has 0 N–H and O–H groups in total. The van der Waals surface area contributed by atoms with Crippen molar-refractivity contribution in [2.45, 2.75) is 45.1 Å². The molecule has 0 spiro atoms. The molecule has 0 bridgehead atoms. The van der Waals surface area contributed by atoms with Crippen LogP contribution < -0.4 is 4.74 Å². The summed E-state index contributed by atoms with van der Waals surface area (Å²) in [7, 11) is 3.48. The van der Waals surface area contributed by atoms with Crippen LogP contribution in [0.2, 0.25) is 0 Å². The quantitative estimate of drug-likeness (QED) is 0.841. The van der Waals surface area contributed by atoms with E-state index in [1.54, 1.807) is 25.2 Å². The van der Waals surface area contributed by atoms with E-state index in [4.69, 9.17) is 4.74 Å². The van der Waals surface area contributed by atoms with Crippen LogP contribution in [-0.4, -0.2) is 36.0 Å². The van der Waals surface area contributed by atoms with E-state index in [1.165, 1.54) is 0 Å². The molecule has 2 rings (SSSR count). The van der Waals surface area contributed by atoms with Gasteiger partial charge < -0.3 is 9.64 Å². The summed E-state index contributed by atoms with van der Waals surface area (Å²) < 4.78 is 5.77. The van der Waals surface area contributed by atoms with Crippen LogP contribution in [0.4, 0.5) is 0 Å². The molecule has 1 amide bonds. The van der Waals surface area contributed by atoms with Crippen LogP contribution in [0.3, 0.4) is 0 Å². The van der Waals surface area contributed by atoms with E-state index < -0.39 is 0 Å². The summed E-state index contributed by atoms with van der Waals surface area (Å²) in [4.78, 5) is 18.1. The highest BCUT2D eigenvalue weighted by Crippen LogP contribution is 2.31. The van der Waals surface area contributed by atoms with Crippen molar-refractivity contribution in [3.8, 4) is 5.75 Å². The average Bonchev–Trinajstić information content (AvgIpc) is 3.10. The molecule has 1 saturated carbocycles. The van der Waals surface area contributed by atoms with E-state index in [0.717, 1.165) is 24.2 Å². The van der Waals surface area contributed by atoms with Crippen LogP contribution >= 0.6 is 0 Å². The highest BCUT2D eigenvalue weighted by molar-refractivity contribution is 5.93. The topological polar surface area (TPSA) is 42.4 Å². The van der Waals surface area contributed by atoms with Gasteiger partial charge in [0.15, 0.2) is 0 Å². The fraction of sp³-hybridized carbons (Fsp3) is 0.600. The van der Waals surface area contributed by atoms with Crippen molar-refractivity contribution in [3.05, 3.63) is 23.5 Å². The predicted molar refractivity (Wildman–Crippen MR) is 74.6 cm³/mol. The summed E-state index contributed by atoms with van der Waals surface area (Å²) in [6.07, 6.45) is 4.22. The second-order valence-electron chi connectivity index (χ2n) is 6.33. The first kappa shape index (κ1) is 13.8. The molecule has 0 radical (unpaired) electrons. The molecule has 0 unspecified atom stereocenters. The minimum atomic E-state index is -0.142. The Kier molecular flexibility index (Phi) is 3.52. The Morgan fingerprint density at radius 1 is 1.37 bits per heavy atom. The van der Waals surface area contributed by atoms with Crippen molar-refractivity contribution < 1.29 is 9.53 Å². The maximum absolute atomic E-state index is 12.2. The molecule has 19 heavy (non-hydrogen) atoms. The molecule has 4 nitrogen and oxygen atoms in total. The van der Waals surface area contributed by atoms with Crippen LogP contribution in [0, 0.1) is 0 Å². The molecular formula is C15H22N2O2. The molecule has 104 valence electrons. The number of pyridine rings is 1.